The maximum absolute atomic E-state index is 13.3. The summed E-state index contributed by atoms with van der Waals surface area (Å²) in [6.07, 6.45) is 2.83. The normalized spacial score (nSPS) is 14.7. The summed E-state index contributed by atoms with van der Waals surface area (Å²) in [5.41, 5.74) is 1.48. The third-order valence-electron chi connectivity index (χ3n) is 6.40. The van der Waals surface area contributed by atoms with Crippen LogP contribution in [0, 0.1) is 6.92 Å². The molecule has 0 saturated heterocycles. The molecule has 0 unspecified atom stereocenters. The molecule has 1 aromatic heterocycles. The van der Waals surface area contributed by atoms with Crippen molar-refractivity contribution < 1.29 is 27.2 Å². The summed E-state index contributed by atoms with van der Waals surface area (Å²) in [6, 6.07) is 9.64. The van der Waals surface area contributed by atoms with Crippen LogP contribution in [0.1, 0.15) is 65.4 Å². The molecular formula is C26H39NO6SSi. The number of furan rings is 1. The fourth-order valence-electron chi connectivity index (χ4n) is 4.70. The van der Waals surface area contributed by atoms with Crippen LogP contribution in [0.25, 0.3) is 0 Å². The SMILES string of the molecule is Cc1ccc(S(=O)(=O)NC(=O)[C@H](/C=C\C[C@@H](O)c2ccco2)O[Si](C(C)C)(C(C)C)C(C)C)cc1. The van der Waals surface area contributed by atoms with Crippen molar-refractivity contribution in [3.63, 3.8) is 0 Å². The van der Waals surface area contributed by atoms with E-state index < -0.39 is 36.5 Å². The number of carbonyl (C=O) groups is 1. The number of sulfonamides is 1. The summed E-state index contributed by atoms with van der Waals surface area (Å²) in [5, 5.41) is 10.3. The van der Waals surface area contributed by atoms with Crippen molar-refractivity contribution in [1.29, 1.82) is 0 Å². The van der Waals surface area contributed by atoms with Crippen molar-refractivity contribution in [2.75, 3.05) is 0 Å². The number of aliphatic hydroxyl groups excluding tert-OH is 1. The van der Waals surface area contributed by atoms with Crippen LogP contribution in [0.3, 0.4) is 0 Å². The molecule has 2 atom stereocenters. The molecule has 0 spiro atoms. The molecule has 1 amide bonds. The molecule has 2 N–H and O–H groups in total. The fourth-order valence-corrected chi connectivity index (χ4v) is 11.1. The van der Waals surface area contributed by atoms with Gasteiger partial charge in [0.05, 0.1) is 11.2 Å². The van der Waals surface area contributed by atoms with Gasteiger partial charge in [-0.15, -0.1) is 0 Å². The molecule has 1 aromatic carbocycles. The first kappa shape index (κ1) is 29.0. The second kappa shape index (κ2) is 12.2. The monoisotopic (exact) mass is 521 g/mol. The highest BCUT2D eigenvalue weighted by atomic mass is 32.2. The topological polar surface area (TPSA) is 106 Å². The number of aryl methyl sites for hydroxylation is 1. The quantitative estimate of drug-likeness (QED) is 0.277. The van der Waals surface area contributed by atoms with E-state index in [-0.39, 0.29) is 27.9 Å². The molecule has 194 valence electrons. The van der Waals surface area contributed by atoms with Crippen LogP contribution in [0.4, 0.5) is 0 Å². The molecule has 35 heavy (non-hydrogen) atoms. The molecule has 2 rings (SSSR count). The maximum atomic E-state index is 13.3. The van der Waals surface area contributed by atoms with E-state index in [0.717, 1.165) is 5.56 Å². The lowest BCUT2D eigenvalue weighted by Crippen LogP contribution is -2.53. The Hall–Kier alpha value is -2.20. The van der Waals surface area contributed by atoms with Gasteiger partial charge in [0, 0.05) is 0 Å². The maximum Gasteiger partial charge on any atom is 0.265 e. The number of amides is 1. The van der Waals surface area contributed by atoms with E-state index in [1.54, 1.807) is 36.4 Å². The number of aliphatic hydroxyl groups is 1. The highest BCUT2D eigenvalue weighted by Crippen LogP contribution is 2.43. The van der Waals surface area contributed by atoms with E-state index in [0.29, 0.717) is 5.76 Å². The molecule has 0 aliphatic carbocycles. The van der Waals surface area contributed by atoms with Crippen molar-refractivity contribution in [3.05, 3.63) is 66.1 Å². The van der Waals surface area contributed by atoms with Gasteiger partial charge in [0.2, 0.25) is 8.32 Å². The molecule has 0 bridgehead atoms. The molecule has 0 saturated carbocycles. The molecule has 0 aliphatic rings. The highest BCUT2D eigenvalue weighted by Gasteiger charge is 2.47. The van der Waals surface area contributed by atoms with E-state index in [4.69, 9.17) is 8.84 Å². The van der Waals surface area contributed by atoms with E-state index in [2.05, 4.69) is 46.3 Å². The molecule has 9 heteroatoms. The van der Waals surface area contributed by atoms with Gasteiger partial charge in [0.1, 0.15) is 18.0 Å². The van der Waals surface area contributed by atoms with Crippen molar-refractivity contribution in [1.82, 2.24) is 4.72 Å². The predicted molar refractivity (Wildman–Crippen MR) is 140 cm³/mol. The van der Waals surface area contributed by atoms with E-state index >= 15 is 0 Å². The first-order valence-corrected chi connectivity index (χ1v) is 15.6. The van der Waals surface area contributed by atoms with Crippen LogP contribution < -0.4 is 4.72 Å². The zero-order valence-electron chi connectivity index (χ0n) is 21.7. The van der Waals surface area contributed by atoms with Crippen LogP contribution in [0.5, 0.6) is 0 Å². The van der Waals surface area contributed by atoms with Crippen molar-refractivity contribution in [2.24, 2.45) is 0 Å². The van der Waals surface area contributed by atoms with E-state index in [1.165, 1.54) is 18.4 Å². The van der Waals surface area contributed by atoms with E-state index in [9.17, 15) is 18.3 Å². The Morgan fingerprint density at radius 3 is 2.11 bits per heavy atom. The third kappa shape index (κ3) is 7.16. The number of hydrogen-bond donors (Lipinski definition) is 2. The molecule has 0 radical (unpaired) electrons. The van der Waals surface area contributed by atoms with Gasteiger partial charge in [-0.1, -0.05) is 71.4 Å². The standard InChI is InChI=1S/C26H39NO6SSi/c1-18(2)35(19(3)4,20(5)6)33-25(11-8-10-23(28)24-12-9-17-32-24)26(29)27-34(30,31)22-15-13-21(7)14-16-22/h8-9,11-20,23,25,28H,10H2,1-7H3,(H,27,29)/b11-8-/t23-,25+/m1/s1. The third-order valence-corrected chi connectivity index (χ3v) is 13.8. The number of nitrogens with one attached hydrogen (secondary N) is 1. The minimum Gasteiger partial charge on any atom is -0.467 e. The second-order valence-electron chi connectivity index (χ2n) is 9.83. The van der Waals surface area contributed by atoms with Gasteiger partial charge in [0.15, 0.2) is 0 Å². The van der Waals surface area contributed by atoms with Gasteiger partial charge in [-0.25, -0.2) is 13.1 Å². The first-order chi connectivity index (χ1) is 16.3. The molecular weight excluding hydrogens is 482 g/mol. The van der Waals surface area contributed by atoms with Gasteiger partial charge in [-0.2, -0.15) is 0 Å². The average Bonchev–Trinajstić information content (AvgIpc) is 3.30. The minimum absolute atomic E-state index is 0.00695. The summed E-state index contributed by atoms with van der Waals surface area (Å²) in [5.74, 6) is -0.345. The van der Waals surface area contributed by atoms with Gasteiger partial charge in [0.25, 0.3) is 15.9 Å². The Labute approximate surface area is 210 Å². The van der Waals surface area contributed by atoms with Gasteiger partial charge >= 0.3 is 0 Å². The number of carbonyl (C=O) groups excluding carboxylic acids is 1. The predicted octanol–water partition coefficient (Wildman–Crippen LogP) is 5.63. The van der Waals surface area contributed by atoms with Crippen molar-refractivity contribution >= 4 is 24.2 Å². The number of hydrogen-bond acceptors (Lipinski definition) is 6. The summed E-state index contributed by atoms with van der Waals surface area (Å²) in [4.78, 5) is 13.3. The molecule has 0 fully saturated rings. The second-order valence-corrected chi connectivity index (χ2v) is 16.9. The van der Waals surface area contributed by atoms with Crippen LogP contribution >= 0.6 is 0 Å². The van der Waals surface area contributed by atoms with Crippen molar-refractivity contribution in [2.45, 2.75) is 88.6 Å². The Morgan fingerprint density at radius 2 is 1.63 bits per heavy atom. The minimum atomic E-state index is -4.08. The first-order valence-electron chi connectivity index (χ1n) is 12.0. The molecule has 7 nitrogen and oxygen atoms in total. The van der Waals surface area contributed by atoms with E-state index in [1.807, 2.05) is 6.92 Å². The van der Waals surface area contributed by atoms with Crippen LogP contribution in [-0.4, -0.2) is 33.9 Å². The molecule has 0 aliphatic heterocycles. The van der Waals surface area contributed by atoms with Crippen LogP contribution in [-0.2, 0) is 19.2 Å². The number of rotatable bonds is 12. The summed E-state index contributed by atoms with van der Waals surface area (Å²) in [6.45, 7) is 14.4. The van der Waals surface area contributed by atoms with Crippen LogP contribution in [0.2, 0.25) is 16.6 Å². The van der Waals surface area contributed by atoms with Crippen molar-refractivity contribution in [3.8, 4) is 0 Å². The highest BCUT2D eigenvalue weighted by molar-refractivity contribution is 7.90. The summed E-state index contributed by atoms with van der Waals surface area (Å²) >= 11 is 0. The Morgan fingerprint density at radius 1 is 1.06 bits per heavy atom. The zero-order chi connectivity index (χ0) is 26.4. The lowest BCUT2D eigenvalue weighted by molar-refractivity contribution is -0.124. The fraction of sp³-hybridized carbons (Fsp3) is 0.500. The van der Waals surface area contributed by atoms with Crippen LogP contribution in [0.15, 0.2) is 64.1 Å². The Balaban J connectivity index is 2.36. The molecule has 1 heterocycles. The largest absolute Gasteiger partial charge is 0.467 e. The Bertz CT molecular complexity index is 1050. The zero-order valence-corrected chi connectivity index (χ0v) is 23.5. The smallest absolute Gasteiger partial charge is 0.265 e. The van der Waals surface area contributed by atoms with Gasteiger partial charge in [-0.05, 0) is 54.2 Å². The lowest BCUT2D eigenvalue weighted by atomic mass is 10.2. The average molecular weight is 522 g/mol. The Kier molecular flexibility index (Phi) is 10.1. The van der Waals surface area contributed by atoms with Gasteiger partial charge < -0.3 is 13.9 Å². The summed E-state index contributed by atoms with van der Waals surface area (Å²) in [7, 11) is -6.61. The van der Waals surface area contributed by atoms with Gasteiger partial charge in [-0.3, -0.25) is 4.79 Å². The number of benzene rings is 1. The summed E-state index contributed by atoms with van der Waals surface area (Å²) < 4.78 is 39.9. The molecule has 2 aromatic rings. The lowest BCUT2D eigenvalue weighted by Gasteiger charge is -2.43.